The van der Waals surface area contributed by atoms with E-state index in [0.29, 0.717) is 0 Å². The van der Waals surface area contributed by atoms with Crippen LogP contribution in [0.2, 0.25) is 0 Å². The van der Waals surface area contributed by atoms with Gasteiger partial charge in [0.05, 0.1) is 18.0 Å². The Hall–Kier alpha value is -1.10. The molecule has 0 aromatic rings. The summed E-state index contributed by atoms with van der Waals surface area (Å²) in [6.45, 7) is 0. The van der Waals surface area contributed by atoms with Gasteiger partial charge in [0.15, 0.2) is 0 Å². The van der Waals surface area contributed by atoms with E-state index in [1.807, 2.05) is 0 Å². The third kappa shape index (κ3) is 3.44. The van der Waals surface area contributed by atoms with Crippen LogP contribution >= 0.6 is 0 Å². The lowest BCUT2D eigenvalue weighted by Gasteiger charge is -2.32. The van der Waals surface area contributed by atoms with Gasteiger partial charge < -0.3 is 20.7 Å². The second-order valence-corrected chi connectivity index (χ2v) is 8.22. The fourth-order valence-electron chi connectivity index (χ4n) is 5.12. The smallest absolute Gasteiger partial charge is 0.116 e. The number of allylic oxidation sites excluding steroid dienone is 3. The summed E-state index contributed by atoms with van der Waals surface area (Å²) in [7, 11) is 0. The van der Waals surface area contributed by atoms with Crippen LogP contribution in [0.4, 0.5) is 0 Å². The molecule has 4 nitrogen and oxygen atoms in total. The lowest BCUT2D eigenvalue weighted by atomic mass is 9.79. The average Bonchev–Trinajstić information content (AvgIpc) is 2.87. The molecule has 0 fully saturated rings. The molecular weight excluding hydrogens is 314 g/mol. The minimum Gasteiger partial charge on any atom is -0.491 e. The van der Waals surface area contributed by atoms with E-state index < -0.39 is 12.2 Å². The number of aliphatic hydroxyl groups is 2. The molecule has 25 heavy (non-hydrogen) atoms. The SMILES string of the molecule is NC1CCC2=C(C1)C(O)C(C1C=CC(OC3=CCCCC3)CC1)C2O. The Labute approximate surface area is 150 Å². The second kappa shape index (κ2) is 7.26. The predicted molar refractivity (Wildman–Crippen MR) is 97.6 cm³/mol. The molecule has 4 aliphatic rings. The largest absolute Gasteiger partial charge is 0.491 e. The molecule has 0 saturated carbocycles. The van der Waals surface area contributed by atoms with Gasteiger partial charge in [0.2, 0.25) is 0 Å². The van der Waals surface area contributed by atoms with Gasteiger partial charge in [0.1, 0.15) is 6.10 Å². The molecule has 138 valence electrons. The first kappa shape index (κ1) is 17.3. The van der Waals surface area contributed by atoms with Crippen molar-refractivity contribution in [1.82, 2.24) is 0 Å². The van der Waals surface area contributed by atoms with E-state index >= 15 is 0 Å². The van der Waals surface area contributed by atoms with Crippen molar-refractivity contribution >= 4 is 0 Å². The fraction of sp³-hybridized carbons (Fsp3) is 0.714. The Morgan fingerprint density at radius 1 is 0.960 bits per heavy atom. The van der Waals surface area contributed by atoms with Gasteiger partial charge in [0, 0.05) is 18.4 Å². The fourth-order valence-corrected chi connectivity index (χ4v) is 5.12. The summed E-state index contributed by atoms with van der Waals surface area (Å²) in [6, 6.07) is 0.128. The highest BCUT2D eigenvalue weighted by atomic mass is 16.5. The maximum atomic E-state index is 10.8. The molecule has 0 bridgehead atoms. The van der Waals surface area contributed by atoms with E-state index in [1.54, 1.807) is 0 Å². The highest BCUT2D eigenvalue weighted by molar-refractivity contribution is 5.34. The highest BCUT2D eigenvalue weighted by Gasteiger charge is 2.46. The molecule has 6 unspecified atom stereocenters. The third-order valence-corrected chi connectivity index (χ3v) is 6.53. The molecule has 0 saturated heterocycles. The van der Waals surface area contributed by atoms with Crippen molar-refractivity contribution < 1.29 is 14.9 Å². The molecule has 0 aromatic heterocycles. The van der Waals surface area contributed by atoms with Gasteiger partial charge in [-0.3, -0.25) is 0 Å². The summed E-state index contributed by atoms with van der Waals surface area (Å²) in [5.41, 5.74) is 8.16. The topological polar surface area (TPSA) is 75.7 Å². The molecule has 4 N–H and O–H groups in total. The predicted octanol–water partition coefficient (Wildman–Crippen LogP) is 2.96. The number of rotatable bonds is 3. The molecule has 0 heterocycles. The van der Waals surface area contributed by atoms with Crippen molar-refractivity contribution in [2.45, 2.75) is 82.1 Å². The van der Waals surface area contributed by atoms with Gasteiger partial charge in [-0.2, -0.15) is 0 Å². The van der Waals surface area contributed by atoms with Crippen molar-refractivity contribution in [2.24, 2.45) is 17.6 Å². The first-order valence-electron chi connectivity index (χ1n) is 10.0. The molecule has 0 aliphatic heterocycles. The standard InChI is InChI=1S/C21H31NO3/c22-14-8-11-17-18(12-14)21(24)19(20(17)23)13-6-9-16(10-7-13)25-15-4-2-1-3-5-15/h4,6,9,13-14,16,19-21,23-24H,1-3,5,7-8,10-12,22H2. The maximum absolute atomic E-state index is 10.8. The summed E-state index contributed by atoms with van der Waals surface area (Å²) in [4.78, 5) is 0. The van der Waals surface area contributed by atoms with Crippen LogP contribution in [0.3, 0.4) is 0 Å². The quantitative estimate of drug-likeness (QED) is 0.688. The number of hydrogen-bond acceptors (Lipinski definition) is 4. The summed E-state index contributed by atoms with van der Waals surface area (Å²) in [5, 5.41) is 21.6. The molecule has 0 spiro atoms. The van der Waals surface area contributed by atoms with E-state index in [2.05, 4.69) is 18.2 Å². The minimum atomic E-state index is -0.537. The van der Waals surface area contributed by atoms with Crippen molar-refractivity contribution in [1.29, 1.82) is 0 Å². The first-order chi connectivity index (χ1) is 12.1. The summed E-state index contributed by atoms with van der Waals surface area (Å²) in [6.07, 6.45) is 14.7. The average molecular weight is 345 g/mol. The van der Waals surface area contributed by atoms with Crippen LogP contribution in [0.25, 0.3) is 0 Å². The Bertz CT molecular complexity index is 594. The zero-order valence-electron chi connectivity index (χ0n) is 14.9. The lowest BCUT2D eigenvalue weighted by Crippen LogP contribution is -2.34. The van der Waals surface area contributed by atoms with Gasteiger partial charge in [-0.25, -0.2) is 0 Å². The monoisotopic (exact) mass is 345 g/mol. The van der Waals surface area contributed by atoms with Crippen molar-refractivity contribution in [2.75, 3.05) is 0 Å². The van der Waals surface area contributed by atoms with Crippen LogP contribution in [0.15, 0.2) is 35.1 Å². The van der Waals surface area contributed by atoms with Gasteiger partial charge in [-0.15, -0.1) is 0 Å². The zero-order chi connectivity index (χ0) is 17.4. The zero-order valence-corrected chi connectivity index (χ0v) is 14.9. The molecule has 4 rings (SSSR count). The molecular formula is C21H31NO3. The second-order valence-electron chi connectivity index (χ2n) is 8.22. The Morgan fingerprint density at radius 2 is 1.80 bits per heavy atom. The van der Waals surface area contributed by atoms with Crippen LogP contribution in [-0.2, 0) is 4.74 Å². The summed E-state index contributed by atoms with van der Waals surface area (Å²) >= 11 is 0. The molecule has 4 heteroatoms. The molecule has 0 radical (unpaired) electrons. The van der Waals surface area contributed by atoms with E-state index in [1.165, 1.54) is 12.8 Å². The normalized spacial score (nSPS) is 41.5. The van der Waals surface area contributed by atoms with Crippen LogP contribution in [0.1, 0.15) is 57.8 Å². The maximum Gasteiger partial charge on any atom is 0.116 e. The molecule has 4 aliphatic carbocycles. The number of nitrogens with two attached hydrogens (primary N) is 1. The van der Waals surface area contributed by atoms with Crippen LogP contribution in [-0.4, -0.2) is 34.6 Å². The number of aliphatic hydroxyl groups excluding tert-OH is 2. The minimum absolute atomic E-state index is 0.110. The van der Waals surface area contributed by atoms with Crippen molar-refractivity contribution in [3.05, 3.63) is 35.1 Å². The van der Waals surface area contributed by atoms with Gasteiger partial charge in [-0.05, 0) is 80.6 Å². The van der Waals surface area contributed by atoms with Crippen LogP contribution in [0.5, 0.6) is 0 Å². The molecule has 6 atom stereocenters. The molecule has 0 aromatic carbocycles. The third-order valence-electron chi connectivity index (χ3n) is 6.53. The van der Waals surface area contributed by atoms with Crippen LogP contribution in [0, 0.1) is 11.8 Å². The molecule has 0 amide bonds. The Kier molecular flexibility index (Phi) is 5.03. The van der Waals surface area contributed by atoms with Gasteiger partial charge in [0.25, 0.3) is 0 Å². The number of ether oxygens (including phenoxy) is 1. The summed E-state index contributed by atoms with van der Waals surface area (Å²) < 4.78 is 6.13. The Balaban J connectivity index is 1.40. The van der Waals surface area contributed by atoms with E-state index in [4.69, 9.17) is 10.5 Å². The van der Waals surface area contributed by atoms with E-state index in [-0.39, 0.29) is 24.0 Å². The first-order valence-corrected chi connectivity index (χ1v) is 10.0. The van der Waals surface area contributed by atoms with Gasteiger partial charge in [-0.1, -0.05) is 6.08 Å². The highest BCUT2D eigenvalue weighted by Crippen LogP contribution is 2.45. The van der Waals surface area contributed by atoms with E-state index in [0.717, 1.165) is 61.9 Å². The van der Waals surface area contributed by atoms with Crippen molar-refractivity contribution in [3.63, 3.8) is 0 Å². The summed E-state index contributed by atoms with van der Waals surface area (Å²) in [5.74, 6) is 1.25. The lowest BCUT2D eigenvalue weighted by molar-refractivity contribution is 0.0350. The van der Waals surface area contributed by atoms with Crippen LogP contribution < -0.4 is 5.73 Å². The van der Waals surface area contributed by atoms with Gasteiger partial charge >= 0.3 is 0 Å². The Morgan fingerprint density at radius 3 is 2.52 bits per heavy atom. The number of hydrogen-bond donors (Lipinski definition) is 3. The van der Waals surface area contributed by atoms with E-state index in [9.17, 15) is 10.2 Å². The van der Waals surface area contributed by atoms with Crippen molar-refractivity contribution in [3.8, 4) is 0 Å².